The number of methoxy groups -OCH3 is 1. The van der Waals surface area contributed by atoms with Crippen molar-refractivity contribution in [1.29, 1.82) is 0 Å². The lowest BCUT2D eigenvalue weighted by Gasteiger charge is -2.31. The van der Waals surface area contributed by atoms with E-state index in [2.05, 4.69) is 17.0 Å². The number of hydrogen-bond acceptors (Lipinski definition) is 4. The average Bonchev–Trinajstić information content (AvgIpc) is 2.43. The zero-order chi connectivity index (χ0) is 15.5. The van der Waals surface area contributed by atoms with Crippen molar-refractivity contribution in [2.75, 3.05) is 26.8 Å². The Morgan fingerprint density at radius 1 is 1.29 bits per heavy atom. The maximum Gasteiger partial charge on any atom is 0.119 e. The maximum atomic E-state index is 10.1. The number of aliphatic hydroxyl groups excluding tert-OH is 1. The summed E-state index contributed by atoms with van der Waals surface area (Å²) in [4.78, 5) is 2.28. The number of benzene rings is 1. The van der Waals surface area contributed by atoms with Gasteiger partial charge in [-0.3, -0.25) is 4.90 Å². The van der Waals surface area contributed by atoms with Crippen LogP contribution in [0.5, 0.6) is 5.75 Å². The number of aliphatic hydroxyl groups is 1. The third kappa shape index (κ3) is 4.99. The largest absolute Gasteiger partial charge is 0.497 e. The highest BCUT2D eigenvalue weighted by Gasteiger charge is 2.20. The lowest BCUT2D eigenvalue weighted by molar-refractivity contribution is -0.0569. The van der Waals surface area contributed by atoms with Crippen LogP contribution in [0.4, 0.5) is 0 Å². The van der Waals surface area contributed by atoms with E-state index in [9.17, 15) is 5.11 Å². The zero-order valence-corrected chi connectivity index (χ0v) is 13.6. The minimum Gasteiger partial charge on any atom is -0.497 e. The van der Waals surface area contributed by atoms with Crippen LogP contribution in [0.3, 0.4) is 0 Å². The third-order valence-corrected chi connectivity index (χ3v) is 3.68. The van der Waals surface area contributed by atoms with E-state index < -0.39 is 6.10 Å². The first-order valence-corrected chi connectivity index (χ1v) is 7.57. The molecule has 0 saturated heterocycles. The second kappa shape index (κ2) is 6.77. The van der Waals surface area contributed by atoms with Gasteiger partial charge in [0.05, 0.1) is 25.4 Å². The number of hydrogen-bond donors (Lipinski definition) is 1. The van der Waals surface area contributed by atoms with E-state index in [4.69, 9.17) is 9.47 Å². The summed E-state index contributed by atoms with van der Waals surface area (Å²) in [5.41, 5.74) is 2.47. The first-order chi connectivity index (χ1) is 9.87. The summed E-state index contributed by atoms with van der Waals surface area (Å²) < 4.78 is 10.9. The van der Waals surface area contributed by atoms with Crippen molar-refractivity contribution in [2.45, 2.75) is 45.4 Å². The number of β-amino-alcohol motifs (C(OH)–C–C–N with tert-alkyl or cyclic N) is 1. The van der Waals surface area contributed by atoms with Crippen molar-refractivity contribution in [1.82, 2.24) is 4.90 Å². The Morgan fingerprint density at radius 3 is 2.71 bits per heavy atom. The van der Waals surface area contributed by atoms with Crippen molar-refractivity contribution in [3.8, 4) is 5.75 Å². The normalized spacial score (nSPS) is 17.4. The Balaban J connectivity index is 1.89. The van der Waals surface area contributed by atoms with Crippen LogP contribution in [0.2, 0.25) is 0 Å². The number of fused-ring (bicyclic) bond motifs is 1. The first kappa shape index (κ1) is 16.3. The maximum absolute atomic E-state index is 10.1. The molecule has 1 heterocycles. The Labute approximate surface area is 127 Å². The molecule has 1 unspecified atom stereocenters. The quantitative estimate of drug-likeness (QED) is 0.904. The van der Waals surface area contributed by atoms with Crippen LogP contribution in [0.1, 0.15) is 31.9 Å². The predicted octanol–water partition coefficient (Wildman–Crippen LogP) is 2.23. The summed E-state index contributed by atoms with van der Waals surface area (Å²) in [5, 5.41) is 10.1. The molecule has 1 aromatic carbocycles. The summed E-state index contributed by atoms with van der Waals surface area (Å²) in [5.74, 6) is 0.896. The molecule has 0 radical (unpaired) electrons. The highest BCUT2D eigenvalue weighted by molar-refractivity contribution is 5.37. The molecule has 0 aliphatic carbocycles. The fourth-order valence-corrected chi connectivity index (χ4v) is 2.57. The molecule has 2 rings (SSSR count). The van der Waals surface area contributed by atoms with Gasteiger partial charge in [-0.25, -0.2) is 0 Å². The molecule has 0 spiro atoms. The summed E-state index contributed by atoms with van der Waals surface area (Å²) in [6.45, 7) is 8.87. The molecular formula is C17H27NO3. The summed E-state index contributed by atoms with van der Waals surface area (Å²) in [6.07, 6.45) is 0.572. The van der Waals surface area contributed by atoms with E-state index in [0.717, 1.165) is 25.3 Å². The lowest BCUT2D eigenvalue weighted by Crippen LogP contribution is -2.39. The smallest absolute Gasteiger partial charge is 0.119 e. The molecule has 0 bridgehead atoms. The Bertz CT molecular complexity index is 468. The molecule has 0 aromatic heterocycles. The van der Waals surface area contributed by atoms with Crippen molar-refractivity contribution in [3.05, 3.63) is 29.3 Å². The van der Waals surface area contributed by atoms with Gasteiger partial charge in [0, 0.05) is 19.6 Å². The van der Waals surface area contributed by atoms with Crippen LogP contribution < -0.4 is 4.74 Å². The van der Waals surface area contributed by atoms with Crippen LogP contribution >= 0.6 is 0 Å². The second-order valence-electron chi connectivity index (χ2n) is 6.70. The van der Waals surface area contributed by atoms with Crippen LogP contribution in [0.15, 0.2) is 18.2 Å². The van der Waals surface area contributed by atoms with Gasteiger partial charge >= 0.3 is 0 Å². The molecule has 21 heavy (non-hydrogen) atoms. The van der Waals surface area contributed by atoms with E-state index >= 15 is 0 Å². The Morgan fingerprint density at radius 2 is 2.05 bits per heavy atom. The monoisotopic (exact) mass is 293 g/mol. The Hall–Kier alpha value is -1.10. The van der Waals surface area contributed by atoms with E-state index in [-0.39, 0.29) is 5.60 Å². The molecular weight excluding hydrogens is 266 g/mol. The fraction of sp³-hybridized carbons (Fsp3) is 0.647. The van der Waals surface area contributed by atoms with Crippen molar-refractivity contribution >= 4 is 0 Å². The molecule has 1 atom stereocenters. The predicted molar refractivity (Wildman–Crippen MR) is 83.7 cm³/mol. The SMILES string of the molecule is COc1ccc2c(c1)CN(CC(O)COC(C)(C)C)CC2. The highest BCUT2D eigenvalue weighted by atomic mass is 16.5. The van der Waals surface area contributed by atoms with Gasteiger partial charge in [-0.2, -0.15) is 0 Å². The van der Waals surface area contributed by atoms with Gasteiger partial charge < -0.3 is 14.6 Å². The fourth-order valence-electron chi connectivity index (χ4n) is 2.57. The van der Waals surface area contributed by atoms with Crippen LogP contribution in [0.25, 0.3) is 0 Å². The van der Waals surface area contributed by atoms with E-state index in [1.807, 2.05) is 26.8 Å². The summed E-state index contributed by atoms with van der Waals surface area (Å²) in [7, 11) is 1.69. The molecule has 118 valence electrons. The molecule has 1 aliphatic heterocycles. The highest BCUT2D eigenvalue weighted by Crippen LogP contribution is 2.23. The molecule has 1 aromatic rings. The number of ether oxygens (including phenoxy) is 2. The molecule has 1 N–H and O–H groups in total. The van der Waals surface area contributed by atoms with Gasteiger partial charge in [-0.05, 0) is 50.5 Å². The van der Waals surface area contributed by atoms with Crippen LogP contribution in [-0.4, -0.2) is 48.5 Å². The summed E-state index contributed by atoms with van der Waals surface area (Å²) >= 11 is 0. The van der Waals surface area contributed by atoms with Gasteiger partial charge in [-0.15, -0.1) is 0 Å². The van der Waals surface area contributed by atoms with E-state index in [1.165, 1.54) is 11.1 Å². The average molecular weight is 293 g/mol. The van der Waals surface area contributed by atoms with Crippen molar-refractivity contribution in [3.63, 3.8) is 0 Å². The third-order valence-electron chi connectivity index (χ3n) is 3.68. The molecule has 0 amide bonds. The summed E-state index contributed by atoms with van der Waals surface area (Å²) in [6, 6.07) is 6.25. The number of rotatable bonds is 5. The number of nitrogens with zero attached hydrogens (tertiary/aromatic N) is 1. The minimum atomic E-state index is -0.448. The Kier molecular flexibility index (Phi) is 5.25. The molecule has 0 saturated carbocycles. The van der Waals surface area contributed by atoms with Crippen LogP contribution in [-0.2, 0) is 17.7 Å². The van der Waals surface area contributed by atoms with E-state index in [1.54, 1.807) is 7.11 Å². The second-order valence-corrected chi connectivity index (χ2v) is 6.70. The first-order valence-electron chi connectivity index (χ1n) is 7.57. The van der Waals surface area contributed by atoms with Crippen molar-refractivity contribution in [2.24, 2.45) is 0 Å². The van der Waals surface area contributed by atoms with Gasteiger partial charge in [0.2, 0.25) is 0 Å². The van der Waals surface area contributed by atoms with Gasteiger partial charge in [-0.1, -0.05) is 6.07 Å². The van der Waals surface area contributed by atoms with Gasteiger partial charge in [0.1, 0.15) is 5.75 Å². The van der Waals surface area contributed by atoms with Gasteiger partial charge in [0.25, 0.3) is 0 Å². The standard InChI is InChI=1S/C17H27NO3/c1-17(2,3)21-12-15(19)11-18-8-7-13-5-6-16(20-4)9-14(13)10-18/h5-6,9,15,19H,7-8,10-12H2,1-4H3. The molecule has 0 fully saturated rings. The minimum absolute atomic E-state index is 0.206. The molecule has 4 heteroatoms. The van der Waals surface area contributed by atoms with E-state index in [0.29, 0.717) is 13.2 Å². The topological polar surface area (TPSA) is 41.9 Å². The van der Waals surface area contributed by atoms with Gasteiger partial charge in [0.15, 0.2) is 0 Å². The molecule has 4 nitrogen and oxygen atoms in total. The van der Waals surface area contributed by atoms with Crippen LogP contribution in [0, 0.1) is 0 Å². The molecule has 1 aliphatic rings. The zero-order valence-electron chi connectivity index (χ0n) is 13.6. The van der Waals surface area contributed by atoms with Crippen molar-refractivity contribution < 1.29 is 14.6 Å². The lowest BCUT2D eigenvalue weighted by atomic mass is 9.99.